The molecule has 1 unspecified atom stereocenters. The van der Waals surface area contributed by atoms with Crippen LogP contribution in [-0.2, 0) is 0 Å². The SMILES string of the molecule is CCC(c1ccc(-c2ccccn2)cc1)C(C)(C)C. The van der Waals surface area contributed by atoms with Crippen LogP contribution in [0.15, 0.2) is 48.7 Å². The monoisotopic (exact) mass is 253 g/mol. The second kappa shape index (κ2) is 5.56. The van der Waals surface area contributed by atoms with Crippen LogP contribution in [-0.4, -0.2) is 4.98 Å². The highest BCUT2D eigenvalue weighted by molar-refractivity contribution is 5.59. The molecule has 0 bridgehead atoms. The molecule has 2 rings (SSSR count). The first-order chi connectivity index (χ1) is 9.02. The quantitative estimate of drug-likeness (QED) is 0.724. The van der Waals surface area contributed by atoms with E-state index in [1.54, 1.807) is 0 Å². The van der Waals surface area contributed by atoms with Crippen LogP contribution in [0, 0.1) is 5.41 Å². The van der Waals surface area contributed by atoms with E-state index in [0.717, 1.165) is 5.69 Å². The molecule has 1 aromatic heterocycles. The van der Waals surface area contributed by atoms with Crippen molar-refractivity contribution in [2.24, 2.45) is 5.41 Å². The summed E-state index contributed by atoms with van der Waals surface area (Å²) in [5.74, 6) is 0.602. The van der Waals surface area contributed by atoms with Gasteiger partial charge in [-0.15, -0.1) is 0 Å². The Bertz CT molecular complexity index is 506. The van der Waals surface area contributed by atoms with E-state index in [1.165, 1.54) is 17.5 Å². The average Bonchev–Trinajstić information content (AvgIpc) is 2.40. The molecule has 1 atom stereocenters. The van der Waals surface area contributed by atoms with Gasteiger partial charge in [-0.05, 0) is 35.4 Å². The third kappa shape index (κ3) is 3.23. The van der Waals surface area contributed by atoms with Crippen LogP contribution in [0.4, 0.5) is 0 Å². The standard InChI is InChI=1S/C18H23N/c1-5-16(18(2,3)4)14-9-11-15(12-10-14)17-8-6-7-13-19-17/h6-13,16H,5H2,1-4H3. The van der Waals surface area contributed by atoms with E-state index in [9.17, 15) is 0 Å². The van der Waals surface area contributed by atoms with E-state index in [1.807, 2.05) is 18.3 Å². The lowest BCUT2D eigenvalue weighted by Gasteiger charge is -2.30. The van der Waals surface area contributed by atoms with Crippen molar-refractivity contribution in [3.8, 4) is 11.3 Å². The number of pyridine rings is 1. The summed E-state index contributed by atoms with van der Waals surface area (Å²) >= 11 is 0. The molecule has 2 aromatic rings. The Labute approximate surface area is 116 Å². The van der Waals surface area contributed by atoms with Crippen LogP contribution in [0.1, 0.15) is 45.6 Å². The van der Waals surface area contributed by atoms with E-state index >= 15 is 0 Å². The highest BCUT2D eigenvalue weighted by Crippen LogP contribution is 2.37. The molecule has 0 saturated heterocycles. The Balaban J connectivity index is 2.28. The average molecular weight is 253 g/mol. The van der Waals surface area contributed by atoms with E-state index in [0.29, 0.717) is 11.3 Å². The molecule has 0 aliphatic carbocycles. The van der Waals surface area contributed by atoms with Crippen molar-refractivity contribution < 1.29 is 0 Å². The highest BCUT2D eigenvalue weighted by atomic mass is 14.7. The largest absolute Gasteiger partial charge is 0.256 e. The molecule has 1 heterocycles. The fourth-order valence-electron chi connectivity index (χ4n) is 2.77. The summed E-state index contributed by atoms with van der Waals surface area (Å²) in [7, 11) is 0. The molecule has 0 aliphatic heterocycles. The van der Waals surface area contributed by atoms with Gasteiger partial charge in [-0.3, -0.25) is 4.98 Å². The lowest BCUT2D eigenvalue weighted by Crippen LogP contribution is -2.17. The summed E-state index contributed by atoms with van der Waals surface area (Å²) in [6, 6.07) is 14.9. The fourth-order valence-corrected chi connectivity index (χ4v) is 2.77. The van der Waals surface area contributed by atoms with Gasteiger partial charge in [-0.1, -0.05) is 58.0 Å². The minimum atomic E-state index is 0.307. The Morgan fingerprint density at radius 1 is 1.00 bits per heavy atom. The van der Waals surface area contributed by atoms with Crippen molar-refractivity contribution in [1.29, 1.82) is 0 Å². The predicted molar refractivity (Wildman–Crippen MR) is 82.2 cm³/mol. The van der Waals surface area contributed by atoms with Crippen LogP contribution in [0.25, 0.3) is 11.3 Å². The third-order valence-corrected chi connectivity index (χ3v) is 3.73. The van der Waals surface area contributed by atoms with Crippen LogP contribution < -0.4 is 0 Å². The summed E-state index contributed by atoms with van der Waals surface area (Å²) in [6.45, 7) is 9.21. The fraction of sp³-hybridized carbons (Fsp3) is 0.389. The van der Waals surface area contributed by atoms with Gasteiger partial charge >= 0.3 is 0 Å². The molecular formula is C18H23N. The van der Waals surface area contributed by atoms with E-state index < -0.39 is 0 Å². The van der Waals surface area contributed by atoms with Gasteiger partial charge in [-0.2, -0.15) is 0 Å². The van der Waals surface area contributed by atoms with Crippen LogP contribution in [0.5, 0.6) is 0 Å². The number of aromatic nitrogens is 1. The van der Waals surface area contributed by atoms with Gasteiger partial charge in [0, 0.05) is 11.8 Å². The number of benzene rings is 1. The van der Waals surface area contributed by atoms with E-state index in [-0.39, 0.29) is 0 Å². The summed E-state index contributed by atoms with van der Waals surface area (Å²) in [4.78, 5) is 4.39. The van der Waals surface area contributed by atoms with Crippen LogP contribution >= 0.6 is 0 Å². The van der Waals surface area contributed by atoms with E-state index in [2.05, 4.69) is 63.0 Å². The zero-order valence-electron chi connectivity index (χ0n) is 12.4. The zero-order valence-corrected chi connectivity index (χ0v) is 12.4. The van der Waals surface area contributed by atoms with Crippen LogP contribution in [0.2, 0.25) is 0 Å². The summed E-state index contributed by atoms with van der Waals surface area (Å²) in [5, 5.41) is 0. The Hall–Kier alpha value is -1.63. The summed E-state index contributed by atoms with van der Waals surface area (Å²) < 4.78 is 0. The molecule has 0 amide bonds. The normalized spacial score (nSPS) is 13.3. The highest BCUT2D eigenvalue weighted by Gasteiger charge is 2.24. The molecule has 1 nitrogen and oxygen atoms in total. The minimum Gasteiger partial charge on any atom is -0.256 e. The smallest absolute Gasteiger partial charge is 0.0701 e. The van der Waals surface area contributed by atoms with Crippen molar-refractivity contribution >= 4 is 0 Å². The maximum Gasteiger partial charge on any atom is 0.0701 e. The second-order valence-corrected chi connectivity index (χ2v) is 6.16. The summed E-state index contributed by atoms with van der Waals surface area (Å²) in [5.41, 5.74) is 3.96. The molecule has 0 N–H and O–H groups in total. The Morgan fingerprint density at radius 3 is 2.16 bits per heavy atom. The topological polar surface area (TPSA) is 12.9 Å². The molecule has 0 spiro atoms. The first-order valence-electron chi connectivity index (χ1n) is 7.03. The molecule has 1 aromatic carbocycles. The lowest BCUT2D eigenvalue weighted by atomic mass is 9.75. The molecule has 1 heteroatoms. The predicted octanol–water partition coefficient (Wildman–Crippen LogP) is 5.29. The molecule has 0 fully saturated rings. The summed E-state index contributed by atoms with van der Waals surface area (Å²) in [6.07, 6.45) is 3.01. The number of nitrogens with zero attached hydrogens (tertiary/aromatic N) is 1. The maximum atomic E-state index is 4.39. The minimum absolute atomic E-state index is 0.307. The zero-order chi connectivity index (χ0) is 13.9. The van der Waals surface area contributed by atoms with Gasteiger partial charge in [-0.25, -0.2) is 0 Å². The lowest BCUT2D eigenvalue weighted by molar-refractivity contribution is 0.312. The van der Waals surface area contributed by atoms with Gasteiger partial charge in [0.1, 0.15) is 0 Å². The van der Waals surface area contributed by atoms with Crippen molar-refractivity contribution in [3.05, 3.63) is 54.2 Å². The molecule has 0 saturated carbocycles. The maximum absolute atomic E-state index is 4.39. The molecule has 19 heavy (non-hydrogen) atoms. The second-order valence-electron chi connectivity index (χ2n) is 6.16. The Morgan fingerprint density at radius 2 is 1.68 bits per heavy atom. The van der Waals surface area contributed by atoms with Crippen LogP contribution in [0.3, 0.4) is 0 Å². The third-order valence-electron chi connectivity index (χ3n) is 3.73. The van der Waals surface area contributed by atoms with Gasteiger partial charge in [0.25, 0.3) is 0 Å². The number of hydrogen-bond donors (Lipinski definition) is 0. The number of rotatable bonds is 3. The van der Waals surface area contributed by atoms with Gasteiger partial charge in [0.2, 0.25) is 0 Å². The van der Waals surface area contributed by atoms with Crippen molar-refractivity contribution in [1.82, 2.24) is 4.98 Å². The van der Waals surface area contributed by atoms with Crippen molar-refractivity contribution in [2.45, 2.75) is 40.0 Å². The van der Waals surface area contributed by atoms with Crippen molar-refractivity contribution in [2.75, 3.05) is 0 Å². The van der Waals surface area contributed by atoms with Crippen molar-refractivity contribution in [3.63, 3.8) is 0 Å². The first-order valence-corrected chi connectivity index (χ1v) is 7.03. The van der Waals surface area contributed by atoms with Gasteiger partial charge in [0.15, 0.2) is 0 Å². The van der Waals surface area contributed by atoms with Gasteiger partial charge < -0.3 is 0 Å². The molecule has 100 valence electrons. The van der Waals surface area contributed by atoms with Gasteiger partial charge in [0.05, 0.1) is 5.69 Å². The molecule has 0 radical (unpaired) electrons. The molecular weight excluding hydrogens is 230 g/mol. The Kier molecular flexibility index (Phi) is 4.04. The first kappa shape index (κ1) is 13.8. The molecule has 0 aliphatic rings. The van der Waals surface area contributed by atoms with E-state index in [4.69, 9.17) is 0 Å². The number of hydrogen-bond acceptors (Lipinski definition) is 1.